The number of hydrogen-bond donors (Lipinski definition) is 3. The zero-order chi connectivity index (χ0) is 21.6. The normalized spacial score (nSPS) is 12.0. The Bertz CT molecular complexity index is 1180. The second-order valence-corrected chi connectivity index (χ2v) is 7.72. The molecule has 0 radical (unpaired) electrons. The molecule has 1 unspecified atom stereocenters. The topological polar surface area (TPSA) is 74.3 Å². The Morgan fingerprint density at radius 2 is 1.84 bits per heavy atom. The number of benzene rings is 3. The van der Waals surface area contributed by atoms with Gasteiger partial charge in [-0.25, -0.2) is 0 Å². The summed E-state index contributed by atoms with van der Waals surface area (Å²) in [5.74, 6) is -0.115. The molecule has 0 aliphatic rings. The van der Waals surface area contributed by atoms with Crippen molar-refractivity contribution >= 4 is 16.9 Å². The van der Waals surface area contributed by atoms with Gasteiger partial charge in [-0.2, -0.15) is 0 Å². The molecule has 5 nitrogen and oxygen atoms in total. The number of rotatable bonds is 9. The lowest BCUT2D eigenvalue weighted by atomic mass is 10.0. The molecule has 1 atom stereocenters. The van der Waals surface area contributed by atoms with Gasteiger partial charge in [-0.05, 0) is 30.2 Å². The minimum atomic E-state index is -0.872. The van der Waals surface area contributed by atoms with E-state index in [0.29, 0.717) is 19.6 Å². The summed E-state index contributed by atoms with van der Waals surface area (Å²) in [6.07, 6.45) is 2.28. The van der Waals surface area contributed by atoms with Crippen molar-refractivity contribution < 1.29 is 14.6 Å². The van der Waals surface area contributed by atoms with E-state index in [1.54, 1.807) is 0 Å². The molecule has 4 rings (SSSR count). The summed E-state index contributed by atoms with van der Waals surface area (Å²) >= 11 is 0. The summed E-state index contributed by atoms with van der Waals surface area (Å²) in [6.45, 7) is 2.93. The summed E-state index contributed by atoms with van der Waals surface area (Å²) < 4.78 is 6.04. The van der Waals surface area contributed by atoms with Gasteiger partial charge in [0.05, 0.1) is 0 Å². The molecule has 31 heavy (non-hydrogen) atoms. The van der Waals surface area contributed by atoms with Crippen molar-refractivity contribution in [3.05, 3.63) is 101 Å². The van der Waals surface area contributed by atoms with Gasteiger partial charge in [-0.15, -0.1) is 0 Å². The Morgan fingerprint density at radius 3 is 2.68 bits per heavy atom. The van der Waals surface area contributed by atoms with Gasteiger partial charge in [0.2, 0.25) is 0 Å². The number of hydrogen-bond acceptors (Lipinski definition) is 3. The molecule has 3 aromatic carbocycles. The Morgan fingerprint density at radius 1 is 1.03 bits per heavy atom. The number of ether oxygens (including phenoxy) is 1. The van der Waals surface area contributed by atoms with Crippen molar-refractivity contribution in [2.45, 2.75) is 32.5 Å². The molecule has 0 saturated carbocycles. The maximum atomic E-state index is 11.9. The highest BCUT2D eigenvalue weighted by atomic mass is 16.5. The van der Waals surface area contributed by atoms with Crippen LogP contribution in [-0.4, -0.2) is 22.1 Å². The largest absolute Gasteiger partial charge is 0.489 e. The highest BCUT2D eigenvalue weighted by Gasteiger charge is 2.20. The first-order valence-electron chi connectivity index (χ1n) is 10.4. The number of carbonyl (C=O) groups is 1. The van der Waals surface area contributed by atoms with Crippen LogP contribution in [0.25, 0.3) is 10.9 Å². The van der Waals surface area contributed by atoms with Crippen LogP contribution in [0.2, 0.25) is 0 Å². The van der Waals surface area contributed by atoms with Crippen LogP contribution in [0, 0.1) is 6.92 Å². The summed E-state index contributed by atoms with van der Waals surface area (Å²) in [5, 5.41) is 14.0. The first-order valence-corrected chi connectivity index (χ1v) is 10.4. The molecule has 1 aromatic heterocycles. The Kier molecular flexibility index (Phi) is 6.34. The van der Waals surface area contributed by atoms with Gasteiger partial charge in [-0.1, -0.05) is 66.2 Å². The van der Waals surface area contributed by atoms with Crippen LogP contribution in [0.4, 0.5) is 0 Å². The number of aryl methyl sites for hydroxylation is 1. The first-order chi connectivity index (χ1) is 15.1. The van der Waals surface area contributed by atoms with E-state index in [1.807, 2.05) is 66.9 Å². The predicted molar refractivity (Wildman–Crippen MR) is 122 cm³/mol. The fourth-order valence-electron chi connectivity index (χ4n) is 3.75. The smallest absolute Gasteiger partial charge is 0.321 e. The number of para-hydroxylation sites is 2. The SMILES string of the molecule is Cc1cccc(COc2ccccc2CNC(Cc2c[nH]c3ccccc23)C(=O)O)c1. The van der Waals surface area contributed by atoms with Crippen molar-refractivity contribution in [2.24, 2.45) is 0 Å². The molecule has 0 fully saturated rings. The average Bonchev–Trinajstić information content (AvgIpc) is 3.18. The molecular weight excluding hydrogens is 388 g/mol. The van der Waals surface area contributed by atoms with Crippen molar-refractivity contribution in [2.75, 3.05) is 0 Å². The van der Waals surface area contributed by atoms with Gasteiger partial charge in [0.1, 0.15) is 18.4 Å². The number of carboxylic acid groups (broad SMARTS) is 1. The predicted octanol–water partition coefficient (Wildman–Crippen LogP) is 4.84. The van der Waals surface area contributed by atoms with E-state index in [-0.39, 0.29) is 0 Å². The molecule has 1 heterocycles. The summed E-state index contributed by atoms with van der Waals surface area (Å²) in [7, 11) is 0. The van der Waals surface area contributed by atoms with Crippen LogP contribution in [0.1, 0.15) is 22.3 Å². The summed E-state index contributed by atoms with van der Waals surface area (Å²) in [6, 6.07) is 23.2. The summed E-state index contributed by atoms with van der Waals surface area (Å²) in [4.78, 5) is 15.1. The van der Waals surface area contributed by atoms with Crippen LogP contribution in [0.15, 0.2) is 79.0 Å². The van der Waals surface area contributed by atoms with Crippen LogP contribution >= 0.6 is 0 Å². The summed E-state index contributed by atoms with van der Waals surface area (Å²) in [5.41, 5.74) is 5.22. The Balaban J connectivity index is 1.43. The van der Waals surface area contributed by atoms with Crippen molar-refractivity contribution in [3.8, 4) is 5.75 Å². The van der Waals surface area contributed by atoms with Crippen LogP contribution < -0.4 is 10.1 Å². The van der Waals surface area contributed by atoms with E-state index in [9.17, 15) is 9.90 Å². The molecule has 0 amide bonds. The number of H-pyrrole nitrogens is 1. The third kappa shape index (κ3) is 5.13. The number of aromatic nitrogens is 1. The van der Waals surface area contributed by atoms with Crippen LogP contribution in [-0.2, 0) is 24.4 Å². The Hall–Kier alpha value is -3.57. The maximum Gasteiger partial charge on any atom is 0.321 e. The van der Waals surface area contributed by atoms with Gasteiger partial charge in [-0.3, -0.25) is 10.1 Å². The molecule has 0 aliphatic carbocycles. The van der Waals surface area contributed by atoms with E-state index in [2.05, 4.69) is 29.4 Å². The van der Waals surface area contributed by atoms with Crippen molar-refractivity contribution in [1.29, 1.82) is 0 Å². The lowest BCUT2D eigenvalue weighted by Crippen LogP contribution is -2.38. The number of nitrogens with one attached hydrogen (secondary N) is 2. The highest BCUT2D eigenvalue weighted by Crippen LogP contribution is 2.22. The first kappa shape index (κ1) is 20.7. The van der Waals surface area contributed by atoms with Gasteiger partial charge in [0.25, 0.3) is 0 Å². The standard InChI is InChI=1S/C26H26N2O3/c1-18-7-6-8-19(13-18)17-31-25-12-5-2-9-20(25)15-28-24(26(29)30)14-21-16-27-23-11-4-3-10-22(21)23/h2-13,16,24,27-28H,14-15,17H2,1H3,(H,29,30). The quantitative estimate of drug-likeness (QED) is 0.366. The molecule has 0 aliphatic heterocycles. The van der Waals surface area contributed by atoms with Crippen molar-refractivity contribution in [3.63, 3.8) is 0 Å². The number of fused-ring (bicyclic) bond motifs is 1. The zero-order valence-electron chi connectivity index (χ0n) is 17.5. The highest BCUT2D eigenvalue weighted by molar-refractivity contribution is 5.84. The fraction of sp³-hybridized carbons (Fsp3) is 0.192. The van der Waals surface area contributed by atoms with E-state index >= 15 is 0 Å². The minimum Gasteiger partial charge on any atom is -0.489 e. The number of aromatic amines is 1. The zero-order valence-corrected chi connectivity index (χ0v) is 17.5. The van der Waals surface area contributed by atoms with Gasteiger partial charge < -0.3 is 14.8 Å². The average molecular weight is 415 g/mol. The third-order valence-electron chi connectivity index (χ3n) is 5.39. The van der Waals surface area contributed by atoms with Gasteiger partial charge in [0.15, 0.2) is 0 Å². The fourth-order valence-corrected chi connectivity index (χ4v) is 3.75. The van der Waals surface area contributed by atoms with Crippen LogP contribution in [0.5, 0.6) is 5.75 Å². The second-order valence-electron chi connectivity index (χ2n) is 7.72. The molecule has 0 spiro atoms. The van der Waals surface area contributed by atoms with E-state index < -0.39 is 12.0 Å². The maximum absolute atomic E-state index is 11.9. The molecule has 3 N–H and O–H groups in total. The van der Waals surface area contributed by atoms with E-state index in [0.717, 1.165) is 33.3 Å². The van der Waals surface area contributed by atoms with E-state index in [4.69, 9.17) is 4.74 Å². The number of carboxylic acids is 1. The molecule has 0 saturated heterocycles. The van der Waals surface area contributed by atoms with Gasteiger partial charge in [0, 0.05) is 35.6 Å². The van der Waals surface area contributed by atoms with Crippen molar-refractivity contribution in [1.82, 2.24) is 10.3 Å². The van der Waals surface area contributed by atoms with Gasteiger partial charge >= 0.3 is 5.97 Å². The molecule has 5 heteroatoms. The molecule has 4 aromatic rings. The molecular formula is C26H26N2O3. The lowest BCUT2D eigenvalue weighted by molar-refractivity contribution is -0.139. The lowest BCUT2D eigenvalue weighted by Gasteiger charge is -2.17. The number of aliphatic carboxylic acids is 1. The molecule has 158 valence electrons. The minimum absolute atomic E-state index is 0.395. The molecule has 0 bridgehead atoms. The van der Waals surface area contributed by atoms with Crippen LogP contribution in [0.3, 0.4) is 0 Å². The monoisotopic (exact) mass is 414 g/mol. The third-order valence-corrected chi connectivity index (χ3v) is 5.39. The van der Waals surface area contributed by atoms with E-state index in [1.165, 1.54) is 5.56 Å². The Labute approximate surface area is 181 Å². The second kappa shape index (κ2) is 9.49.